The molecule has 0 saturated carbocycles. The summed E-state index contributed by atoms with van der Waals surface area (Å²) in [5, 5.41) is 8.65. The maximum absolute atomic E-state index is 12.4. The van der Waals surface area contributed by atoms with Crippen LogP contribution in [0.4, 0.5) is 0 Å². The maximum atomic E-state index is 12.4. The van der Waals surface area contributed by atoms with Crippen LogP contribution in [-0.4, -0.2) is 64.6 Å². The van der Waals surface area contributed by atoms with Crippen molar-refractivity contribution in [2.75, 3.05) is 32.8 Å². The highest BCUT2D eigenvalue weighted by Crippen LogP contribution is 2.12. The third-order valence-electron chi connectivity index (χ3n) is 3.75. The van der Waals surface area contributed by atoms with Gasteiger partial charge in [-0.05, 0) is 25.6 Å². The fraction of sp³-hybridized carbons (Fsp3) is 0.500. The normalized spacial score (nSPS) is 19.0. The minimum absolute atomic E-state index is 0.0285. The van der Waals surface area contributed by atoms with Crippen molar-refractivity contribution >= 4 is 5.91 Å². The summed E-state index contributed by atoms with van der Waals surface area (Å²) in [4.78, 5) is 20.8. The van der Waals surface area contributed by atoms with Gasteiger partial charge in [0.2, 0.25) is 0 Å². The van der Waals surface area contributed by atoms with Crippen LogP contribution in [-0.2, 0) is 0 Å². The summed E-state index contributed by atoms with van der Waals surface area (Å²) in [7, 11) is 0. The quantitative estimate of drug-likeness (QED) is 0.809. The lowest BCUT2D eigenvalue weighted by molar-refractivity contribution is 0.0523. The number of amides is 1. The van der Waals surface area contributed by atoms with Crippen molar-refractivity contribution in [1.82, 2.24) is 14.8 Å². The summed E-state index contributed by atoms with van der Waals surface area (Å²) in [6.07, 6.45) is 1.57. The Morgan fingerprint density at radius 1 is 1.48 bits per heavy atom. The Hall–Kier alpha value is -1.90. The molecular weight excluding hydrogens is 266 g/mol. The van der Waals surface area contributed by atoms with E-state index in [0.717, 1.165) is 26.2 Å². The predicted octanol–water partition coefficient (Wildman–Crippen LogP) is 0.592. The summed E-state index contributed by atoms with van der Waals surface area (Å²) >= 11 is 0. The molecule has 21 heavy (non-hydrogen) atoms. The highest BCUT2D eigenvalue weighted by atomic mass is 16.2. The molecule has 0 bridgehead atoms. The number of aliphatic hydroxyl groups is 1. The molecule has 0 aromatic carbocycles. The highest BCUT2D eigenvalue weighted by Gasteiger charge is 2.26. The lowest BCUT2D eigenvalue weighted by Crippen LogP contribution is -2.53. The van der Waals surface area contributed by atoms with Gasteiger partial charge in [-0.3, -0.25) is 9.69 Å². The third kappa shape index (κ3) is 3.81. The van der Waals surface area contributed by atoms with E-state index < -0.39 is 0 Å². The van der Waals surface area contributed by atoms with Crippen LogP contribution in [0, 0.1) is 11.8 Å². The van der Waals surface area contributed by atoms with Crippen molar-refractivity contribution in [3.63, 3.8) is 0 Å². The minimum Gasteiger partial charge on any atom is -0.384 e. The molecule has 0 radical (unpaired) electrons. The highest BCUT2D eigenvalue weighted by molar-refractivity contribution is 5.92. The van der Waals surface area contributed by atoms with Crippen LogP contribution in [0.25, 0.3) is 0 Å². The molecule has 5 heteroatoms. The number of carbonyl (C=O) groups excluding carboxylic acids is 1. The van der Waals surface area contributed by atoms with Crippen molar-refractivity contribution in [1.29, 1.82) is 0 Å². The number of rotatable bonds is 2. The molecule has 112 valence electrons. The fourth-order valence-electron chi connectivity index (χ4n) is 2.55. The van der Waals surface area contributed by atoms with E-state index in [4.69, 9.17) is 5.11 Å². The second kappa shape index (κ2) is 7.21. The Balaban J connectivity index is 2.03. The van der Waals surface area contributed by atoms with E-state index in [9.17, 15) is 4.79 Å². The summed E-state index contributed by atoms with van der Waals surface area (Å²) in [6.45, 7) is 7.50. The number of aliphatic hydroxyl groups excluding tert-OH is 1. The molecule has 1 aromatic heterocycles. The smallest absolute Gasteiger partial charge is 0.272 e. The molecule has 1 aliphatic rings. The van der Waals surface area contributed by atoms with Crippen LogP contribution in [0.5, 0.6) is 0 Å². The number of hydrogen-bond donors (Lipinski definition) is 1. The third-order valence-corrected chi connectivity index (χ3v) is 3.75. The SMILES string of the molecule is CCN1CCN(C(=O)c2ccc(C#CCO)cn2)CC1C. The van der Waals surface area contributed by atoms with Gasteiger partial charge in [-0.15, -0.1) is 0 Å². The van der Waals surface area contributed by atoms with Crippen LogP contribution < -0.4 is 0 Å². The Kier molecular flexibility index (Phi) is 5.32. The van der Waals surface area contributed by atoms with Crippen molar-refractivity contribution in [2.24, 2.45) is 0 Å². The molecule has 1 fully saturated rings. The largest absolute Gasteiger partial charge is 0.384 e. The average molecular weight is 287 g/mol. The fourth-order valence-corrected chi connectivity index (χ4v) is 2.55. The molecule has 1 N–H and O–H groups in total. The number of pyridine rings is 1. The zero-order valence-corrected chi connectivity index (χ0v) is 12.5. The van der Waals surface area contributed by atoms with Gasteiger partial charge in [0, 0.05) is 37.4 Å². The predicted molar refractivity (Wildman–Crippen MR) is 80.8 cm³/mol. The van der Waals surface area contributed by atoms with E-state index in [0.29, 0.717) is 17.3 Å². The van der Waals surface area contributed by atoms with E-state index >= 15 is 0 Å². The average Bonchev–Trinajstić information content (AvgIpc) is 2.52. The van der Waals surface area contributed by atoms with Crippen molar-refractivity contribution < 1.29 is 9.90 Å². The van der Waals surface area contributed by atoms with E-state index in [1.807, 2.05) is 4.90 Å². The monoisotopic (exact) mass is 287 g/mol. The topological polar surface area (TPSA) is 56.7 Å². The molecule has 5 nitrogen and oxygen atoms in total. The lowest BCUT2D eigenvalue weighted by atomic mass is 10.1. The van der Waals surface area contributed by atoms with E-state index in [-0.39, 0.29) is 12.5 Å². The minimum atomic E-state index is -0.180. The Morgan fingerprint density at radius 2 is 2.29 bits per heavy atom. The van der Waals surface area contributed by atoms with Gasteiger partial charge >= 0.3 is 0 Å². The Labute approximate surface area is 125 Å². The molecular formula is C16H21N3O2. The molecule has 1 aromatic rings. The van der Waals surface area contributed by atoms with Crippen LogP contribution in [0.3, 0.4) is 0 Å². The summed E-state index contributed by atoms with van der Waals surface area (Å²) in [5.41, 5.74) is 1.14. The van der Waals surface area contributed by atoms with Crippen LogP contribution in [0.1, 0.15) is 29.9 Å². The molecule has 1 amide bonds. The van der Waals surface area contributed by atoms with Gasteiger partial charge < -0.3 is 10.0 Å². The summed E-state index contributed by atoms with van der Waals surface area (Å²) in [6, 6.07) is 3.83. The number of nitrogens with zero attached hydrogens (tertiary/aromatic N) is 3. The van der Waals surface area contributed by atoms with Gasteiger partial charge in [-0.25, -0.2) is 4.98 Å². The van der Waals surface area contributed by atoms with Gasteiger partial charge in [-0.1, -0.05) is 18.8 Å². The number of hydrogen-bond acceptors (Lipinski definition) is 4. The summed E-state index contributed by atoms with van der Waals surface area (Å²) < 4.78 is 0. The lowest BCUT2D eigenvalue weighted by Gasteiger charge is -2.39. The van der Waals surface area contributed by atoms with Crippen molar-refractivity contribution in [2.45, 2.75) is 19.9 Å². The van der Waals surface area contributed by atoms with Crippen LogP contribution in [0.15, 0.2) is 18.3 Å². The Bertz CT molecular complexity index is 545. The van der Waals surface area contributed by atoms with Crippen LogP contribution in [0.2, 0.25) is 0 Å². The van der Waals surface area contributed by atoms with Gasteiger partial charge in [-0.2, -0.15) is 0 Å². The molecule has 2 heterocycles. The molecule has 1 atom stereocenters. The van der Waals surface area contributed by atoms with E-state index in [1.54, 1.807) is 18.3 Å². The van der Waals surface area contributed by atoms with Crippen LogP contribution >= 0.6 is 0 Å². The molecule has 1 unspecified atom stereocenters. The van der Waals surface area contributed by atoms with Crippen molar-refractivity contribution in [3.05, 3.63) is 29.6 Å². The maximum Gasteiger partial charge on any atom is 0.272 e. The molecule has 1 saturated heterocycles. The van der Waals surface area contributed by atoms with E-state index in [1.165, 1.54) is 0 Å². The zero-order chi connectivity index (χ0) is 15.2. The van der Waals surface area contributed by atoms with Gasteiger partial charge in [0.05, 0.1) is 0 Å². The first-order valence-corrected chi connectivity index (χ1v) is 7.24. The number of aromatic nitrogens is 1. The molecule has 1 aliphatic heterocycles. The standard InChI is InChI=1S/C16H21N3O2/c1-3-18-8-9-19(12-13(18)2)16(21)15-7-6-14(11-17-15)5-4-10-20/h6-7,11,13,20H,3,8-10,12H2,1-2H3. The Morgan fingerprint density at radius 3 is 2.86 bits per heavy atom. The van der Waals surface area contributed by atoms with Crippen molar-refractivity contribution in [3.8, 4) is 11.8 Å². The molecule has 0 spiro atoms. The van der Waals surface area contributed by atoms with Gasteiger partial charge in [0.15, 0.2) is 0 Å². The first-order valence-electron chi connectivity index (χ1n) is 7.24. The zero-order valence-electron chi connectivity index (χ0n) is 12.5. The second-order valence-electron chi connectivity index (χ2n) is 5.12. The van der Waals surface area contributed by atoms with E-state index in [2.05, 4.69) is 35.6 Å². The second-order valence-corrected chi connectivity index (χ2v) is 5.12. The molecule has 0 aliphatic carbocycles. The first-order chi connectivity index (χ1) is 10.2. The summed E-state index contributed by atoms with van der Waals surface area (Å²) in [5.74, 6) is 5.30. The van der Waals surface area contributed by atoms with Gasteiger partial charge in [0.1, 0.15) is 12.3 Å². The first kappa shape index (κ1) is 15.5. The number of likely N-dealkylation sites (N-methyl/N-ethyl adjacent to an activating group) is 1. The number of carbonyl (C=O) groups is 1. The van der Waals surface area contributed by atoms with Gasteiger partial charge in [0.25, 0.3) is 5.91 Å². The number of piperazine rings is 1. The molecule has 2 rings (SSSR count).